The van der Waals surface area contributed by atoms with Crippen LogP contribution in [0.15, 0.2) is 18.2 Å². The topological polar surface area (TPSA) is 70.8 Å². The van der Waals surface area contributed by atoms with Crippen molar-refractivity contribution in [1.82, 2.24) is 15.2 Å². The van der Waals surface area contributed by atoms with Gasteiger partial charge in [0.25, 0.3) is 0 Å². The van der Waals surface area contributed by atoms with Gasteiger partial charge < -0.3 is 10.6 Å². The second-order valence-electron chi connectivity index (χ2n) is 5.48. The number of aromatic nitrogens is 3. The summed E-state index contributed by atoms with van der Waals surface area (Å²) in [4.78, 5) is 6.27. The van der Waals surface area contributed by atoms with Gasteiger partial charge in [-0.05, 0) is 24.5 Å². The predicted octanol–water partition coefficient (Wildman–Crippen LogP) is 1.92. The van der Waals surface area contributed by atoms with Crippen LogP contribution in [-0.2, 0) is 0 Å². The molecule has 1 aliphatic rings. The first kappa shape index (κ1) is 13.9. The fraction of sp³-hybridized carbons (Fsp3) is 0.429. The highest BCUT2D eigenvalue weighted by Gasteiger charge is 2.25. The Kier molecular flexibility index (Phi) is 3.59. The molecular formula is C14H17F2N5. The molecule has 1 fully saturated rings. The fourth-order valence-electron chi connectivity index (χ4n) is 2.48. The van der Waals surface area contributed by atoms with Crippen molar-refractivity contribution in [2.24, 2.45) is 11.7 Å². The summed E-state index contributed by atoms with van der Waals surface area (Å²) < 4.78 is 26.7. The maximum absolute atomic E-state index is 13.7. The zero-order valence-corrected chi connectivity index (χ0v) is 11.7. The zero-order chi connectivity index (χ0) is 15.0. The van der Waals surface area contributed by atoms with Crippen LogP contribution in [0.3, 0.4) is 0 Å². The van der Waals surface area contributed by atoms with Gasteiger partial charge in [-0.15, -0.1) is 5.10 Å². The smallest absolute Gasteiger partial charge is 0.245 e. The summed E-state index contributed by atoms with van der Waals surface area (Å²) in [6, 6.07) is 3.44. The van der Waals surface area contributed by atoms with Gasteiger partial charge in [0.05, 0.1) is 5.56 Å². The number of nitrogens with one attached hydrogen (secondary N) is 1. The molecule has 2 heterocycles. The van der Waals surface area contributed by atoms with Crippen molar-refractivity contribution in [3.63, 3.8) is 0 Å². The molecule has 0 amide bonds. The van der Waals surface area contributed by atoms with E-state index >= 15 is 0 Å². The molecular weight excluding hydrogens is 276 g/mol. The third-order valence-corrected chi connectivity index (χ3v) is 3.96. The van der Waals surface area contributed by atoms with Crippen LogP contribution in [0, 0.1) is 17.6 Å². The Labute approximate surface area is 121 Å². The Balaban J connectivity index is 1.83. The van der Waals surface area contributed by atoms with Crippen molar-refractivity contribution in [3.8, 4) is 11.4 Å². The van der Waals surface area contributed by atoms with Gasteiger partial charge in [0.15, 0.2) is 5.82 Å². The van der Waals surface area contributed by atoms with E-state index in [0.717, 1.165) is 19.0 Å². The molecule has 0 bridgehead atoms. The molecule has 2 unspecified atom stereocenters. The maximum Gasteiger partial charge on any atom is 0.245 e. The highest BCUT2D eigenvalue weighted by atomic mass is 19.1. The lowest BCUT2D eigenvalue weighted by Crippen LogP contribution is -2.48. The summed E-state index contributed by atoms with van der Waals surface area (Å²) in [5, 5.41) is 6.81. The molecule has 2 aromatic rings. The Morgan fingerprint density at radius 2 is 2.19 bits per heavy atom. The Morgan fingerprint density at radius 1 is 1.38 bits per heavy atom. The molecule has 7 heteroatoms. The van der Waals surface area contributed by atoms with E-state index in [4.69, 9.17) is 5.73 Å². The van der Waals surface area contributed by atoms with Crippen molar-refractivity contribution < 1.29 is 8.78 Å². The summed E-state index contributed by atoms with van der Waals surface area (Å²) >= 11 is 0. The monoisotopic (exact) mass is 293 g/mol. The lowest BCUT2D eigenvalue weighted by atomic mass is 9.95. The van der Waals surface area contributed by atoms with Crippen LogP contribution in [-0.4, -0.2) is 34.3 Å². The molecule has 3 N–H and O–H groups in total. The van der Waals surface area contributed by atoms with E-state index in [0.29, 0.717) is 18.4 Å². The molecule has 1 aromatic carbocycles. The number of benzene rings is 1. The molecule has 2 atom stereocenters. The number of nitrogens with zero attached hydrogens (tertiary/aromatic N) is 3. The average molecular weight is 293 g/mol. The normalized spacial score (nSPS) is 22.6. The van der Waals surface area contributed by atoms with Crippen molar-refractivity contribution in [2.45, 2.75) is 19.4 Å². The van der Waals surface area contributed by atoms with E-state index in [9.17, 15) is 8.78 Å². The quantitative estimate of drug-likeness (QED) is 0.887. The summed E-state index contributed by atoms with van der Waals surface area (Å²) in [6.07, 6.45) is 0.968. The highest BCUT2D eigenvalue weighted by Crippen LogP contribution is 2.24. The number of piperidine rings is 1. The number of aromatic amines is 1. The van der Waals surface area contributed by atoms with Gasteiger partial charge in [-0.25, -0.2) is 8.78 Å². The number of hydrogen-bond donors (Lipinski definition) is 2. The van der Waals surface area contributed by atoms with Gasteiger partial charge in [-0.1, -0.05) is 6.92 Å². The van der Waals surface area contributed by atoms with Crippen molar-refractivity contribution in [3.05, 3.63) is 29.8 Å². The minimum absolute atomic E-state index is 0.0725. The van der Waals surface area contributed by atoms with E-state index in [1.165, 1.54) is 12.1 Å². The Hall–Kier alpha value is -2.02. The number of nitrogens with two attached hydrogens (primary N) is 1. The van der Waals surface area contributed by atoms with Crippen LogP contribution in [0.25, 0.3) is 11.4 Å². The van der Waals surface area contributed by atoms with Crippen LogP contribution < -0.4 is 10.6 Å². The number of anilines is 1. The van der Waals surface area contributed by atoms with Crippen LogP contribution in [0.4, 0.5) is 14.7 Å². The van der Waals surface area contributed by atoms with Gasteiger partial charge in [0, 0.05) is 25.2 Å². The fourth-order valence-corrected chi connectivity index (χ4v) is 2.48. The predicted molar refractivity (Wildman–Crippen MR) is 75.7 cm³/mol. The van der Waals surface area contributed by atoms with E-state index < -0.39 is 11.6 Å². The first-order chi connectivity index (χ1) is 10.0. The van der Waals surface area contributed by atoms with Gasteiger partial charge in [0.1, 0.15) is 11.6 Å². The molecule has 112 valence electrons. The summed E-state index contributed by atoms with van der Waals surface area (Å²) in [6.45, 7) is 3.61. The van der Waals surface area contributed by atoms with Crippen molar-refractivity contribution >= 4 is 5.95 Å². The average Bonchev–Trinajstić information content (AvgIpc) is 2.91. The van der Waals surface area contributed by atoms with Crippen molar-refractivity contribution in [1.29, 1.82) is 0 Å². The molecule has 21 heavy (non-hydrogen) atoms. The summed E-state index contributed by atoms with van der Waals surface area (Å²) in [5.74, 6) is -0.0337. The van der Waals surface area contributed by atoms with Crippen LogP contribution in [0.1, 0.15) is 13.3 Å². The molecule has 0 saturated carbocycles. The summed E-state index contributed by atoms with van der Waals surface area (Å²) in [7, 11) is 0. The molecule has 5 nitrogen and oxygen atoms in total. The van der Waals surface area contributed by atoms with Crippen molar-refractivity contribution in [2.75, 3.05) is 18.0 Å². The van der Waals surface area contributed by atoms with Gasteiger partial charge >= 0.3 is 0 Å². The van der Waals surface area contributed by atoms with E-state index in [2.05, 4.69) is 22.1 Å². The lowest BCUT2D eigenvalue weighted by molar-refractivity contribution is 0.376. The molecule has 0 radical (unpaired) electrons. The highest BCUT2D eigenvalue weighted by molar-refractivity contribution is 5.57. The van der Waals surface area contributed by atoms with E-state index in [-0.39, 0.29) is 17.4 Å². The minimum Gasteiger partial charge on any atom is -0.338 e. The third kappa shape index (κ3) is 2.73. The zero-order valence-electron chi connectivity index (χ0n) is 11.7. The van der Waals surface area contributed by atoms with Crippen LogP contribution in [0.2, 0.25) is 0 Å². The molecule has 0 spiro atoms. The molecule has 1 aromatic heterocycles. The van der Waals surface area contributed by atoms with Gasteiger partial charge in [0.2, 0.25) is 5.95 Å². The second-order valence-corrected chi connectivity index (χ2v) is 5.48. The van der Waals surface area contributed by atoms with Gasteiger partial charge in [-0.3, -0.25) is 5.10 Å². The lowest BCUT2D eigenvalue weighted by Gasteiger charge is -2.34. The Bertz CT molecular complexity index is 642. The van der Waals surface area contributed by atoms with Crippen LogP contribution in [0.5, 0.6) is 0 Å². The second kappa shape index (κ2) is 5.40. The maximum atomic E-state index is 13.7. The molecule has 1 saturated heterocycles. The number of H-pyrrole nitrogens is 1. The largest absolute Gasteiger partial charge is 0.338 e. The third-order valence-electron chi connectivity index (χ3n) is 3.96. The first-order valence-corrected chi connectivity index (χ1v) is 6.93. The summed E-state index contributed by atoms with van der Waals surface area (Å²) in [5.41, 5.74) is 6.25. The molecule has 0 aliphatic carbocycles. The molecule has 3 rings (SSSR count). The van der Waals surface area contributed by atoms with E-state index in [1.807, 2.05) is 4.90 Å². The standard InChI is InChI=1S/C14H17F2N5/c1-8-4-5-21(7-12(8)17)14-18-13(19-20-14)10-3-2-9(15)6-11(10)16/h2-3,6,8,12H,4-5,7,17H2,1H3,(H,18,19,20). The number of rotatable bonds is 2. The number of hydrogen-bond acceptors (Lipinski definition) is 4. The molecule has 1 aliphatic heterocycles. The van der Waals surface area contributed by atoms with E-state index in [1.54, 1.807) is 0 Å². The van der Waals surface area contributed by atoms with Gasteiger partial charge in [-0.2, -0.15) is 4.98 Å². The number of halogens is 2. The van der Waals surface area contributed by atoms with Crippen LogP contribution >= 0.6 is 0 Å². The first-order valence-electron chi connectivity index (χ1n) is 6.93. The minimum atomic E-state index is -0.665. The Morgan fingerprint density at radius 3 is 2.90 bits per heavy atom. The SMILES string of the molecule is CC1CCN(c2n[nH]c(-c3ccc(F)cc3F)n2)CC1N.